The fourth-order valence-corrected chi connectivity index (χ4v) is 3.54. The van der Waals surface area contributed by atoms with E-state index in [2.05, 4.69) is 15.9 Å². The normalized spacial score (nSPS) is 12.0. The van der Waals surface area contributed by atoms with Crippen LogP contribution in [-0.2, 0) is 15.4 Å². The molecule has 0 fully saturated rings. The van der Waals surface area contributed by atoms with Crippen LogP contribution in [0.5, 0.6) is 0 Å². The number of aliphatic hydroxyl groups excluding tert-OH is 1. The minimum Gasteiger partial charge on any atom is -0.395 e. The molecule has 0 radical (unpaired) electrons. The van der Waals surface area contributed by atoms with E-state index in [0.717, 1.165) is 18.4 Å². The molecule has 1 rings (SSSR count). The number of alkyl halides is 1. The number of hydrogen-bond acceptors (Lipinski definition) is 3. The second-order valence-electron chi connectivity index (χ2n) is 4.26. The van der Waals surface area contributed by atoms with E-state index in [9.17, 15) is 8.42 Å². The van der Waals surface area contributed by atoms with Crippen LogP contribution in [0.4, 0.5) is 0 Å². The Morgan fingerprint density at radius 2 is 1.84 bits per heavy atom. The standard InChI is InChI=1S/C13H20BrNO3S/c1-2-3-8-15(9-10-16)19(17,18)13-6-4-12(11-14)5-7-13/h4-7,16H,2-3,8-11H2,1H3. The number of unbranched alkanes of at least 4 members (excludes halogenated alkanes) is 1. The molecule has 0 unspecified atom stereocenters. The van der Waals surface area contributed by atoms with Gasteiger partial charge in [0.1, 0.15) is 0 Å². The summed E-state index contributed by atoms with van der Waals surface area (Å²) in [6.07, 6.45) is 1.71. The molecule has 0 aliphatic carbocycles. The first-order chi connectivity index (χ1) is 9.06. The van der Waals surface area contributed by atoms with Crippen molar-refractivity contribution in [1.29, 1.82) is 0 Å². The van der Waals surface area contributed by atoms with E-state index >= 15 is 0 Å². The van der Waals surface area contributed by atoms with Gasteiger partial charge in [-0.15, -0.1) is 0 Å². The monoisotopic (exact) mass is 349 g/mol. The van der Waals surface area contributed by atoms with Crippen LogP contribution in [0.1, 0.15) is 25.3 Å². The van der Waals surface area contributed by atoms with E-state index in [1.807, 2.05) is 6.92 Å². The van der Waals surface area contributed by atoms with Gasteiger partial charge in [0.2, 0.25) is 10.0 Å². The number of hydrogen-bond donors (Lipinski definition) is 1. The van der Waals surface area contributed by atoms with Crippen LogP contribution in [0.25, 0.3) is 0 Å². The fourth-order valence-electron chi connectivity index (χ4n) is 1.70. The molecule has 1 aromatic carbocycles. The Balaban J connectivity index is 2.96. The molecule has 0 bridgehead atoms. The maximum atomic E-state index is 12.4. The van der Waals surface area contributed by atoms with Gasteiger partial charge in [0, 0.05) is 18.4 Å². The van der Waals surface area contributed by atoms with Gasteiger partial charge in [-0.25, -0.2) is 8.42 Å². The smallest absolute Gasteiger partial charge is 0.243 e. The quantitative estimate of drug-likeness (QED) is 0.733. The molecular formula is C13H20BrNO3S. The molecule has 19 heavy (non-hydrogen) atoms. The Hall–Kier alpha value is -0.430. The van der Waals surface area contributed by atoms with Crippen LogP contribution in [0.3, 0.4) is 0 Å². The zero-order valence-electron chi connectivity index (χ0n) is 11.0. The minimum atomic E-state index is -3.50. The van der Waals surface area contributed by atoms with Crippen molar-refractivity contribution in [3.05, 3.63) is 29.8 Å². The van der Waals surface area contributed by atoms with E-state index in [-0.39, 0.29) is 18.0 Å². The van der Waals surface area contributed by atoms with Gasteiger partial charge in [0.15, 0.2) is 0 Å². The highest BCUT2D eigenvalue weighted by Gasteiger charge is 2.23. The van der Waals surface area contributed by atoms with Crippen molar-refractivity contribution in [2.75, 3.05) is 19.7 Å². The predicted molar refractivity (Wildman–Crippen MR) is 79.8 cm³/mol. The average Bonchev–Trinajstić information content (AvgIpc) is 2.43. The van der Waals surface area contributed by atoms with E-state index in [1.165, 1.54) is 4.31 Å². The summed E-state index contributed by atoms with van der Waals surface area (Å²) in [5.74, 6) is 0. The Bertz CT molecular complexity index is 473. The van der Waals surface area contributed by atoms with Crippen molar-refractivity contribution in [2.45, 2.75) is 30.0 Å². The maximum absolute atomic E-state index is 12.4. The van der Waals surface area contributed by atoms with Crippen LogP contribution < -0.4 is 0 Å². The summed E-state index contributed by atoms with van der Waals surface area (Å²) in [6, 6.07) is 6.81. The summed E-state index contributed by atoms with van der Waals surface area (Å²) >= 11 is 3.33. The molecule has 0 aliphatic heterocycles. The van der Waals surface area contributed by atoms with Gasteiger partial charge >= 0.3 is 0 Å². The molecule has 1 N–H and O–H groups in total. The topological polar surface area (TPSA) is 57.6 Å². The number of aliphatic hydroxyl groups is 1. The first-order valence-electron chi connectivity index (χ1n) is 6.32. The first-order valence-corrected chi connectivity index (χ1v) is 8.88. The molecule has 1 aromatic rings. The second-order valence-corrected chi connectivity index (χ2v) is 6.76. The Morgan fingerprint density at radius 1 is 1.21 bits per heavy atom. The maximum Gasteiger partial charge on any atom is 0.243 e. The van der Waals surface area contributed by atoms with Gasteiger partial charge < -0.3 is 5.11 Å². The first kappa shape index (κ1) is 16.6. The Morgan fingerprint density at radius 3 is 2.32 bits per heavy atom. The van der Waals surface area contributed by atoms with Gasteiger partial charge in [-0.05, 0) is 24.1 Å². The third-order valence-corrected chi connectivity index (χ3v) is 5.39. The van der Waals surface area contributed by atoms with E-state index in [1.54, 1.807) is 24.3 Å². The third-order valence-electron chi connectivity index (χ3n) is 2.83. The predicted octanol–water partition coefficient (Wildman–Crippen LogP) is 2.36. The van der Waals surface area contributed by atoms with Crippen LogP contribution in [0.2, 0.25) is 0 Å². The minimum absolute atomic E-state index is 0.141. The van der Waals surface area contributed by atoms with Gasteiger partial charge in [-0.3, -0.25) is 0 Å². The highest BCUT2D eigenvalue weighted by atomic mass is 79.9. The molecule has 0 spiro atoms. The van der Waals surface area contributed by atoms with E-state index in [4.69, 9.17) is 5.11 Å². The Labute approximate surface area is 123 Å². The Kier molecular flexibility index (Phi) is 6.99. The van der Waals surface area contributed by atoms with Gasteiger partial charge in [0.05, 0.1) is 11.5 Å². The molecule has 4 nitrogen and oxygen atoms in total. The number of rotatable bonds is 8. The van der Waals surface area contributed by atoms with Crippen molar-refractivity contribution in [1.82, 2.24) is 4.31 Å². The second kappa shape index (κ2) is 7.99. The number of sulfonamides is 1. The fraction of sp³-hybridized carbons (Fsp3) is 0.538. The van der Waals surface area contributed by atoms with Crippen molar-refractivity contribution in [2.24, 2.45) is 0 Å². The van der Waals surface area contributed by atoms with Gasteiger partial charge in [0.25, 0.3) is 0 Å². The lowest BCUT2D eigenvalue weighted by molar-refractivity contribution is 0.252. The molecule has 0 amide bonds. The van der Waals surface area contributed by atoms with Crippen LogP contribution in [0.15, 0.2) is 29.2 Å². The zero-order valence-corrected chi connectivity index (χ0v) is 13.5. The summed E-state index contributed by atoms with van der Waals surface area (Å²) in [7, 11) is -3.50. The molecule has 0 saturated heterocycles. The van der Waals surface area contributed by atoms with Gasteiger partial charge in [-0.1, -0.05) is 41.4 Å². The molecule has 0 atom stereocenters. The summed E-state index contributed by atoms with van der Waals surface area (Å²) in [4.78, 5) is 0.279. The molecule has 0 aliphatic rings. The van der Waals surface area contributed by atoms with Crippen molar-refractivity contribution in [3.8, 4) is 0 Å². The lowest BCUT2D eigenvalue weighted by atomic mass is 10.2. The van der Waals surface area contributed by atoms with Crippen LogP contribution in [0, 0.1) is 0 Å². The SMILES string of the molecule is CCCCN(CCO)S(=O)(=O)c1ccc(CBr)cc1. The lowest BCUT2D eigenvalue weighted by Gasteiger charge is -2.21. The van der Waals surface area contributed by atoms with Crippen molar-refractivity contribution < 1.29 is 13.5 Å². The summed E-state index contributed by atoms with van der Waals surface area (Å²) < 4.78 is 26.2. The number of halogens is 1. The molecule has 0 saturated carbocycles. The summed E-state index contributed by atoms with van der Waals surface area (Å²) in [6.45, 7) is 2.43. The highest BCUT2D eigenvalue weighted by molar-refractivity contribution is 9.08. The molecule has 6 heteroatoms. The number of nitrogens with zero attached hydrogens (tertiary/aromatic N) is 1. The highest BCUT2D eigenvalue weighted by Crippen LogP contribution is 2.18. The van der Waals surface area contributed by atoms with Gasteiger partial charge in [-0.2, -0.15) is 4.31 Å². The van der Waals surface area contributed by atoms with E-state index in [0.29, 0.717) is 11.9 Å². The summed E-state index contributed by atoms with van der Waals surface area (Å²) in [5.41, 5.74) is 1.03. The molecule has 108 valence electrons. The van der Waals surface area contributed by atoms with E-state index < -0.39 is 10.0 Å². The summed E-state index contributed by atoms with van der Waals surface area (Å²) in [5, 5.41) is 9.71. The molecule has 0 heterocycles. The third kappa shape index (κ3) is 4.56. The zero-order chi connectivity index (χ0) is 14.3. The lowest BCUT2D eigenvalue weighted by Crippen LogP contribution is -2.34. The average molecular weight is 350 g/mol. The van der Waals surface area contributed by atoms with Crippen molar-refractivity contribution in [3.63, 3.8) is 0 Å². The van der Waals surface area contributed by atoms with Crippen LogP contribution >= 0.6 is 15.9 Å². The number of benzene rings is 1. The van der Waals surface area contributed by atoms with Crippen LogP contribution in [-0.4, -0.2) is 37.5 Å². The molecular weight excluding hydrogens is 330 g/mol. The largest absolute Gasteiger partial charge is 0.395 e. The van der Waals surface area contributed by atoms with Crippen molar-refractivity contribution >= 4 is 26.0 Å². The molecule has 0 aromatic heterocycles.